The lowest BCUT2D eigenvalue weighted by Gasteiger charge is -2.17. The molecule has 0 bridgehead atoms. The maximum atomic E-state index is 14.1. The Balaban J connectivity index is 1.81. The molecule has 0 aliphatic carbocycles. The van der Waals surface area contributed by atoms with Crippen LogP contribution in [0.4, 0.5) is 4.39 Å². The lowest BCUT2D eigenvalue weighted by Crippen LogP contribution is -2.39. The van der Waals surface area contributed by atoms with Crippen LogP contribution in [0, 0.1) is 0 Å². The number of carboxylic acids is 1. The molecular weight excluding hydrogens is 329 g/mol. The largest absolute Gasteiger partial charge is 0.479 e. The smallest absolute Gasteiger partial charge is 0.343 e. The molecule has 1 atom stereocenters. The van der Waals surface area contributed by atoms with Crippen LogP contribution >= 0.6 is 0 Å². The van der Waals surface area contributed by atoms with Crippen molar-refractivity contribution in [3.63, 3.8) is 0 Å². The van der Waals surface area contributed by atoms with Gasteiger partial charge in [0.25, 0.3) is 11.5 Å². The molecule has 1 aromatic heterocycles. The number of aliphatic carboxylic acids is 1. The molecular formula is C17H16FN3O4. The van der Waals surface area contributed by atoms with Gasteiger partial charge in [0, 0.05) is 19.0 Å². The number of aromatic nitrogens is 2. The highest BCUT2D eigenvalue weighted by molar-refractivity contribution is 5.93. The van der Waals surface area contributed by atoms with Crippen LogP contribution in [0.3, 0.4) is 0 Å². The van der Waals surface area contributed by atoms with E-state index in [0.29, 0.717) is 0 Å². The van der Waals surface area contributed by atoms with Gasteiger partial charge in [-0.25, -0.2) is 13.9 Å². The molecule has 130 valence electrons. The molecule has 1 fully saturated rings. The summed E-state index contributed by atoms with van der Waals surface area (Å²) in [4.78, 5) is 36.5. The van der Waals surface area contributed by atoms with E-state index in [0.717, 1.165) is 15.1 Å². The lowest BCUT2D eigenvalue weighted by molar-refractivity contribution is -0.149. The van der Waals surface area contributed by atoms with E-state index < -0.39 is 24.1 Å². The van der Waals surface area contributed by atoms with Crippen molar-refractivity contribution in [2.45, 2.75) is 18.6 Å². The SMILES string of the molecule is O=C(c1ccc(=O)n(Cc2ccccc2)n1)N1CCC(F)(C(=O)O)C1. The van der Waals surface area contributed by atoms with Crippen molar-refractivity contribution < 1.29 is 19.1 Å². The zero-order valence-electron chi connectivity index (χ0n) is 13.3. The van der Waals surface area contributed by atoms with Gasteiger partial charge in [0.1, 0.15) is 5.69 Å². The minimum Gasteiger partial charge on any atom is -0.479 e. The molecule has 0 saturated carbocycles. The number of carbonyl (C=O) groups is 2. The van der Waals surface area contributed by atoms with Crippen molar-refractivity contribution >= 4 is 11.9 Å². The Morgan fingerprint density at radius 3 is 2.56 bits per heavy atom. The third-order valence-corrected chi connectivity index (χ3v) is 4.15. The first kappa shape index (κ1) is 16.8. The second-order valence-electron chi connectivity index (χ2n) is 5.95. The standard InChI is InChI=1S/C17H16FN3O4/c18-17(16(24)25)8-9-20(11-17)15(23)13-6-7-14(22)21(19-13)10-12-4-2-1-3-5-12/h1-7H,8-11H2,(H,24,25). The van der Waals surface area contributed by atoms with Crippen LogP contribution in [0.25, 0.3) is 0 Å². The molecule has 1 aliphatic rings. The van der Waals surface area contributed by atoms with Crippen molar-refractivity contribution in [1.82, 2.24) is 14.7 Å². The second kappa shape index (κ2) is 6.46. The molecule has 1 aliphatic heterocycles. The first-order valence-corrected chi connectivity index (χ1v) is 7.73. The van der Waals surface area contributed by atoms with E-state index in [-0.39, 0.29) is 30.8 Å². The van der Waals surface area contributed by atoms with E-state index in [1.165, 1.54) is 12.1 Å². The third-order valence-electron chi connectivity index (χ3n) is 4.15. The topological polar surface area (TPSA) is 92.5 Å². The summed E-state index contributed by atoms with van der Waals surface area (Å²) in [5.74, 6) is -2.17. The van der Waals surface area contributed by atoms with Crippen LogP contribution in [0.5, 0.6) is 0 Å². The van der Waals surface area contributed by atoms with Gasteiger partial charge in [-0.15, -0.1) is 0 Å². The number of hydrogen-bond donors (Lipinski definition) is 1. The maximum absolute atomic E-state index is 14.1. The summed E-state index contributed by atoms with van der Waals surface area (Å²) in [6, 6.07) is 11.6. The molecule has 0 spiro atoms. The highest BCUT2D eigenvalue weighted by atomic mass is 19.1. The molecule has 8 heteroatoms. The van der Waals surface area contributed by atoms with Gasteiger partial charge in [0.2, 0.25) is 5.67 Å². The van der Waals surface area contributed by atoms with Crippen LogP contribution in [0.2, 0.25) is 0 Å². The molecule has 0 radical (unpaired) electrons. The number of alkyl halides is 1. The van der Waals surface area contributed by atoms with Crippen LogP contribution in [0.15, 0.2) is 47.3 Å². The minimum atomic E-state index is -2.44. The predicted molar refractivity (Wildman–Crippen MR) is 86.0 cm³/mol. The third kappa shape index (κ3) is 3.42. The van der Waals surface area contributed by atoms with Crippen LogP contribution in [0.1, 0.15) is 22.5 Å². The van der Waals surface area contributed by atoms with E-state index >= 15 is 0 Å². The van der Waals surface area contributed by atoms with Gasteiger partial charge in [0.15, 0.2) is 0 Å². The molecule has 1 unspecified atom stereocenters. The van der Waals surface area contributed by atoms with Crippen LogP contribution in [-0.2, 0) is 11.3 Å². The number of hydrogen-bond acceptors (Lipinski definition) is 4. The van der Waals surface area contributed by atoms with Crippen molar-refractivity contribution in [3.05, 3.63) is 64.1 Å². The first-order chi connectivity index (χ1) is 11.9. The van der Waals surface area contributed by atoms with Crippen molar-refractivity contribution in [3.8, 4) is 0 Å². The number of carbonyl (C=O) groups excluding carboxylic acids is 1. The number of nitrogens with zero attached hydrogens (tertiary/aromatic N) is 3. The van der Waals surface area contributed by atoms with Gasteiger partial charge in [-0.05, 0) is 11.6 Å². The van der Waals surface area contributed by atoms with Crippen LogP contribution in [-0.4, -0.2) is 50.4 Å². The Morgan fingerprint density at radius 1 is 1.20 bits per heavy atom. The van der Waals surface area contributed by atoms with Crippen molar-refractivity contribution in [2.24, 2.45) is 0 Å². The Bertz CT molecular complexity index is 868. The minimum absolute atomic E-state index is 0.0128. The molecule has 3 rings (SSSR count). The average molecular weight is 345 g/mol. The highest BCUT2D eigenvalue weighted by Gasteiger charge is 2.47. The van der Waals surface area contributed by atoms with E-state index in [4.69, 9.17) is 5.11 Å². The van der Waals surface area contributed by atoms with E-state index in [2.05, 4.69) is 5.10 Å². The maximum Gasteiger partial charge on any atom is 0.343 e. The fourth-order valence-electron chi connectivity index (χ4n) is 2.72. The number of amides is 1. The normalized spacial score (nSPS) is 19.8. The fraction of sp³-hybridized carbons (Fsp3) is 0.294. The van der Waals surface area contributed by atoms with E-state index in [1.807, 2.05) is 30.3 Å². The number of rotatable bonds is 4. The summed E-state index contributed by atoms with van der Waals surface area (Å²) in [6.45, 7) is -0.343. The summed E-state index contributed by atoms with van der Waals surface area (Å²) < 4.78 is 15.3. The second-order valence-corrected chi connectivity index (χ2v) is 5.95. The van der Waals surface area contributed by atoms with Crippen molar-refractivity contribution in [1.29, 1.82) is 0 Å². The molecule has 1 amide bonds. The Hall–Kier alpha value is -3.03. The molecule has 25 heavy (non-hydrogen) atoms. The molecule has 2 heterocycles. The van der Waals surface area contributed by atoms with Gasteiger partial charge in [-0.2, -0.15) is 5.10 Å². The monoisotopic (exact) mass is 345 g/mol. The van der Waals surface area contributed by atoms with Gasteiger partial charge in [-0.1, -0.05) is 30.3 Å². The number of halogens is 1. The molecule has 1 aromatic carbocycles. The molecule has 7 nitrogen and oxygen atoms in total. The zero-order chi connectivity index (χ0) is 18.0. The van der Waals surface area contributed by atoms with Crippen molar-refractivity contribution in [2.75, 3.05) is 13.1 Å². The number of likely N-dealkylation sites (tertiary alicyclic amines) is 1. The van der Waals surface area contributed by atoms with E-state index in [9.17, 15) is 18.8 Å². The van der Waals surface area contributed by atoms with Gasteiger partial charge < -0.3 is 10.0 Å². The molecule has 2 aromatic rings. The predicted octanol–water partition coefficient (Wildman–Crippen LogP) is 0.930. The summed E-state index contributed by atoms with van der Waals surface area (Å²) in [7, 11) is 0. The van der Waals surface area contributed by atoms with Gasteiger partial charge in [0.05, 0.1) is 13.1 Å². The highest BCUT2D eigenvalue weighted by Crippen LogP contribution is 2.26. The summed E-state index contributed by atoms with van der Waals surface area (Å²) in [5.41, 5.74) is -1.98. The Kier molecular flexibility index (Phi) is 4.35. The number of benzene rings is 1. The zero-order valence-corrected chi connectivity index (χ0v) is 13.3. The first-order valence-electron chi connectivity index (χ1n) is 7.73. The number of carboxylic acid groups (broad SMARTS) is 1. The van der Waals surface area contributed by atoms with Gasteiger partial charge >= 0.3 is 5.97 Å². The Labute approximate surface area is 142 Å². The van der Waals surface area contributed by atoms with Crippen LogP contribution < -0.4 is 5.56 Å². The lowest BCUT2D eigenvalue weighted by atomic mass is 10.1. The fourth-order valence-corrected chi connectivity index (χ4v) is 2.72. The van der Waals surface area contributed by atoms with E-state index in [1.54, 1.807) is 0 Å². The average Bonchev–Trinajstić information content (AvgIpc) is 3.01. The Morgan fingerprint density at radius 2 is 1.92 bits per heavy atom. The summed E-state index contributed by atoms with van der Waals surface area (Å²) in [6.07, 6.45) is -0.266. The molecule has 1 N–H and O–H groups in total. The van der Waals surface area contributed by atoms with Gasteiger partial charge in [-0.3, -0.25) is 9.59 Å². The summed E-state index contributed by atoms with van der Waals surface area (Å²) in [5, 5.41) is 13.0. The quantitative estimate of drug-likeness (QED) is 0.890. The summed E-state index contributed by atoms with van der Waals surface area (Å²) >= 11 is 0. The molecule has 1 saturated heterocycles.